The minimum absolute atomic E-state index is 0.0810. The molecule has 5 nitrogen and oxygen atoms in total. The van der Waals surface area contributed by atoms with Crippen LogP contribution in [0.1, 0.15) is 17.3 Å². The number of rotatable bonds is 8. The molecule has 0 saturated carbocycles. The number of hydrogen-bond donors (Lipinski definition) is 0. The fraction of sp³-hybridized carbons (Fsp3) is 0.250. The van der Waals surface area contributed by atoms with Crippen LogP contribution in [-0.2, 0) is 11.3 Å². The van der Waals surface area contributed by atoms with E-state index in [0.29, 0.717) is 23.9 Å². The summed E-state index contributed by atoms with van der Waals surface area (Å²) in [5.41, 5.74) is 1.42. The predicted octanol–water partition coefficient (Wildman–Crippen LogP) is 4.09. The van der Waals surface area contributed by atoms with Crippen molar-refractivity contribution >= 4 is 17.5 Å². The van der Waals surface area contributed by atoms with Crippen molar-refractivity contribution in [3.05, 3.63) is 66.0 Å². The summed E-state index contributed by atoms with van der Waals surface area (Å²) in [6, 6.07) is 15.3. The number of ketones is 1. The normalized spacial score (nSPS) is 12.1. The highest BCUT2D eigenvalue weighted by Gasteiger charge is 2.21. The fourth-order valence-electron chi connectivity index (χ4n) is 2.62. The van der Waals surface area contributed by atoms with E-state index in [1.807, 2.05) is 41.8 Å². The van der Waals surface area contributed by atoms with Crippen molar-refractivity contribution in [1.82, 2.24) is 14.8 Å². The summed E-state index contributed by atoms with van der Waals surface area (Å²) in [7, 11) is 1.64. The first-order valence-corrected chi connectivity index (χ1v) is 9.42. The van der Waals surface area contributed by atoms with Crippen LogP contribution in [0.3, 0.4) is 0 Å². The summed E-state index contributed by atoms with van der Waals surface area (Å²) in [5.74, 6) is 0.290. The molecule has 0 fully saturated rings. The molecule has 3 aromatic rings. The molecule has 0 aliphatic heterocycles. The van der Waals surface area contributed by atoms with Crippen LogP contribution >= 0.6 is 11.8 Å². The highest BCUT2D eigenvalue weighted by Crippen LogP contribution is 2.28. The van der Waals surface area contributed by atoms with Gasteiger partial charge in [0.15, 0.2) is 16.8 Å². The van der Waals surface area contributed by atoms with Crippen molar-refractivity contribution < 1.29 is 13.9 Å². The zero-order valence-corrected chi connectivity index (χ0v) is 15.9. The molecule has 1 atom stereocenters. The van der Waals surface area contributed by atoms with Gasteiger partial charge >= 0.3 is 0 Å². The number of hydrogen-bond acceptors (Lipinski definition) is 5. The first-order chi connectivity index (χ1) is 13.1. The number of carbonyl (C=O) groups is 1. The zero-order valence-electron chi connectivity index (χ0n) is 15.1. The third-order valence-electron chi connectivity index (χ3n) is 4.05. The first kappa shape index (κ1) is 19.3. The lowest BCUT2D eigenvalue weighted by Gasteiger charge is -2.13. The average Bonchev–Trinajstić information content (AvgIpc) is 3.09. The SMILES string of the molecule is COCCn1c(S[C@@H](C)C(=O)c2ccc(F)cc2)nnc1-c1ccccc1. The van der Waals surface area contributed by atoms with E-state index in [1.165, 1.54) is 36.0 Å². The van der Waals surface area contributed by atoms with Gasteiger partial charge < -0.3 is 4.74 Å². The summed E-state index contributed by atoms with van der Waals surface area (Å²) in [4.78, 5) is 12.6. The van der Waals surface area contributed by atoms with Crippen LogP contribution in [0.15, 0.2) is 59.8 Å². The van der Waals surface area contributed by atoms with Crippen molar-refractivity contribution in [3.8, 4) is 11.4 Å². The Balaban J connectivity index is 1.84. The zero-order chi connectivity index (χ0) is 19.2. The number of carbonyl (C=O) groups excluding carboxylic acids is 1. The van der Waals surface area contributed by atoms with Gasteiger partial charge in [-0.2, -0.15) is 0 Å². The lowest BCUT2D eigenvalue weighted by atomic mass is 10.1. The molecule has 0 bridgehead atoms. The van der Waals surface area contributed by atoms with E-state index >= 15 is 0 Å². The summed E-state index contributed by atoms with van der Waals surface area (Å²) < 4.78 is 20.2. The Kier molecular flexibility index (Phi) is 6.36. The van der Waals surface area contributed by atoms with Gasteiger partial charge in [0.25, 0.3) is 0 Å². The Morgan fingerprint density at radius 2 is 1.85 bits per heavy atom. The van der Waals surface area contributed by atoms with Gasteiger partial charge in [-0.1, -0.05) is 42.1 Å². The van der Waals surface area contributed by atoms with Crippen LogP contribution in [-0.4, -0.2) is 39.5 Å². The maximum Gasteiger partial charge on any atom is 0.192 e. The van der Waals surface area contributed by atoms with Crippen LogP contribution in [0.5, 0.6) is 0 Å². The molecule has 0 spiro atoms. The molecule has 1 heterocycles. The molecule has 7 heteroatoms. The van der Waals surface area contributed by atoms with Crippen LogP contribution in [0.25, 0.3) is 11.4 Å². The van der Waals surface area contributed by atoms with E-state index in [1.54, 1.807) is 7.11 Å². The van der Waals surface area contributed by atoms with Crippen molar-refractivity contribution in [2.75, 3.05) is 13.7 Å². The van der Waals surface area contributed by atoms with Crippen molar-refractivity contribution in [2.45, 2.75) is 23.9 Å². The van der Waals surface area contributed by atoms with Gasteiger partial charge in [-0.05, 0) is 31.2 Å². The Labute approximate surface area is 161 Å². The fourth-order valence-corrected chi connectivity index (χ4v) is 3.57. The third kappa shape index (κ3) is 4.61. The highest BCUT2D eigenvalue weighted by molar-refractivity contribution is 8.00. The van der Waals surface area contributed by atoms with Crippen LogP contribution in [0, 0.1) is 5.82 Å². The van der Waals surface area contributed by atoms with E-state index in [9.17, 15) is 9.18 Å². The number of ether oxygens (including phenoxy) is 1. The number of halogens is 1. The Bertz CT molecular complexity index is 897. The summed E-state index contributed by atoms with van der Waals surface area (Å²) >= 11 is 1.33. The second-order valence-corrected chi connectivity index (χ2v) is 7.26. The van der Waals surface area contributed by atoms with Gasteiger partial charge in [0.2, 0.25) is 0 Å². The van der Waals surface area contributed by atoms with Gasteiger partial charge in [-0.15, -0.1) is 10.2 Å². The van der Waals surface area contributed by atoms with E-state index in [4.69, 9.17) is 4.74 Å². The van der Waals surface area contributed by atoms with Crippen LogP contribution in [0.2, 0.25) is 0 Å². The maximum atomic E-state index is 13.1. The first-order valence-electron chi connectivity index (χ1n) is 8.54. The molecule has 27 heavy (non-hydrogen) atoms. The molecular weight excluding hydrogens is 365 g/mol. The second-order valence-electron chi connectivity index (χ2n) is 5.95. The number of benzene rings is 2. The standard InChI is InChI=1S/C20H20FN3O2S/c1-14(18(25)15-8-10-17(21)11-9-15)27-20-23-22-19(24(20)12-13-26-2)16-6-4-3-5-7-16/h3-11,14H,12-13H2,1-2H3/t14-/m0/s1. The van der Waals surface area contributed by atoms with E-state index in [2.05, 4.69) is 10.2 Å². The van der Waals surface area contributed by atoms with E-state index < -0.39 is 0 Å². The summed E-state index contributed by atoms with van der Waals surface area (Å²) in [6.45, 7) is 2.90. The van der Waals surface area contributed by atoms with Gasteiger partial charge in [0, 0.05) is 18.2 Å². The molecule has 2 aromatic carbocycles. The molecule has 0 aliphatic carbocycles. The van der Waals surface area contributed by atoms with E-state index in [0.717, 1.165) is 11.4 Å². The molecular formula is C20H20FN3O2S. The minimum Gasteiger partial charge on any atom is -0.383 e. The topological polar surface area (TPSA) is 57.0 Å². The van der Waals surface area contributed by atoms with E-state index in [-0.39, 0.29) is 16.9 Å². The monoisotopic (exact) mass is 385 g/mol. The average molecular weight is 385 g/mol. The highest BCUT2D eigenvalue weighted by atomic mass is 32.2. The molecule has 1 aromatic heterocycles. The molecule has 0 saturated heterocycles. The summed E-state index contributed by atoms with van der Waals surface area (Å²) in [6.07, 6.45) is 0. The lowest BCUT2D eigenvalue weighted by molar-refractivity contribution is 0.0994. The second kappa shape index (κ2) is 8.92. The number of aromatic nitrogens is 3. The number of nitrogens with zero attached hydrogens (tertiary/aromatic N) is 3. The number of methoxy groups -OCH3 is 1. The van der Waals surface area contributed by atoms with Gasteiger partial charge in [-0.3, -0.25) is 9.36 Å². The van der Waals surface area contributed by atoms with Gasteiger partial charge in [0.1, 0.15) is 5.82 Å². The molecule has 0 aliphatic rings. The smallest absolute Gasteiger partial charge is 0.192 e. The van der Waals surface area contributed by atoms with Crippen LogP contribution < -0.4 is 0 Å². The predicted molar refractivity (Wildman–Crippen MR) is 103 cm³/mol. The molecule has 140 valence electrons. The maximum absolute atomic E-state index is 13.1. The van der Waals surface area contributed by atoms with Crippen molar-refractivity contribution in [1.29, 1.82) is 0 Å². The molecule has 0 N–H and O–H groups in total. The minimum atomic E-state index is -0.385. The largest absolute Gasteiger partial charge is 0.383 e. The molecule has 3 rings (SSSR count). The quantitative estimate of drug-likeness (QED) is 0.432. The van der Waals surface area contributed by atoms with Gasteiger partial charge in [0.05, 0.1) is 18.4 Å². The molecule has 0 unspecified atom stereocenters. The number of thioether (sulfide) groups is 1. The molecule has 0 amide bonds. The Morgan fingerprint density at radius 3 is 2.52 bits per heavy atom. The number of Topliss-reactive ketones (excluding diaryl/α,β-unsaturated/α-hetero) is 1. The van der Waals surface area contributed by atoms with Gasteiger partial charge in [-0.25, -0.2) is 4.39 Å². The Hall–Kier alpha value is -2.51. The Morgan fingerprint density at radius 1 is 1.15 bits per heavy atom. The van der Waals surface area contributed by atoms with Crippen molar-refractivity contribution in [2.24, 2.45) is 0 Å². The summed E-state index contributed by atoms with van der Waals surface area (Å²) in [5, 5.41) is 8.86. The van der Waals surface area contributed by atoms with Crippen LogP contribution in [0.4, 0.5) is 4.39 Å². The lowest BCUT2D eigenvalue weighted by Crippen LogP contribution is -2.15. The van der Waals surface area contributed by atoms with Crippen molar-refractivity contribution in [3.63, 3.8) is 0 Å². The third-order valence-corrected chi connectivity index (χ3v) is 5.13. The molecule has 0 radical (unpaired) electrons.